The van der Waals surface area contributed by atoms with Gasteiger partial charge >= 0.3 is 5.97 Å². The molecule has 36 heteroatoms. The van der Waals surface area contributed by atoms with E-state index in [0.29, 0.717) is 57.9 Å². The van der Waals surface area contributed by atoms with Gasteiger partial charge in [-0.2, -0.15) is 36.2 Å². The molecule has 1 aromatic carbocycles. The van der Waals surface area contributed by atoms with Gasteiger partial charge in [0.15, 0.2) is 5.96 Å². The summed E-state index contributed by atoms with van der Waals surface area (Å²) in [5, 5.41) is 35.6. The first kappa shape index (κ1) is 89.3. The molecule has 0 unspecified atom stereocenters. The van der Waals surface area contributed by atoms with Crippen LogP contribution in [0.2, 0.25) is 0 Å². The second-order valence-corrected chi connectivity index (χ2v) is 27.6. The zero-order chi connectivity index (χ0) is 72.7. The maximum absolute atomic E-state index is 14.3. The van der Waals surface area contributed by atoms with Crippen LogP contribution in [0.3, 0.4) is 0 Å². The molecular weight excluding hydrogens is 1330 g/mol. The van der Waals surface area contributed by atoms with E-state index in [1.807, 2.05) is 48.5 Å². The predicted molar refractivity (Wildman–Crippen MR) is 371 cm³/mol. The van der Waals surface area contributed by atoms with E-state index >= 15 is 0 Å². The number of carboxylic acid groups (broad SMARTS) is 1. The van der Waals surface area contributed by atoms with E-state index in [1.165, 1.54) is 23.5 Å². The quantitative estimate of drug-likeness (QED) is 0.0105. The number of nitrogens with one attached hydrogen (secondary N) is 10. The third-order valence-corrected chi connectivity index (χ3v) is 15.8. The fourth-order valence-electron chi connectivity index (χ4n) is 7.75. The molecule has 0 bridgehead atoms. The summed E-state index contributed by atoms with van der Waals surface area (Å²) in [5.41, 5.74) is 22.1. The number of aliphatic carboxylic acids is 1. The number of methoxy groups -OCH3 is 1. The molecule has 0 saturated carbocycles. The molecule has 0 spiro atoms. The molecule has 1 aromatic rings. The van der Waals surface area contributed by atoms with Crippen LogP contribution >= 0.6 is 47.8 Å². The van der Waals surface area contributed by atoms with Crippen LogP contribution in [0.5, 0.6) is 0 Å². The van der Waals surface area contributed by atoms with Gasteiger partial charge in [0.2, 0.25) is 65.0 Å². The van der Waals surface area contributed by atoms with Gasteiger partial charge in [-0.05, 0) is 50.6 Å². The molecule has 0 fully saturated rings. The number of nitrogens with two attached hydrogens (primary N) is 4. The lowest BCUT2D eigenvalue weighted by Gasteiger charge is -2.28. The third kappa shape index (κ3) is 45.7. The minimum atomic E-state index is -1.80. The van der Waals surface area contributed by atoms with Crippen LogP contribution < -0.4 is 76.1 Å². The molecule has 1 rings (SSSR count). The molecule has 11 amide bonds. The van der Waals surface area contributed by atoms with Crippen molar-refractivity contribution in [3.05, 3.63) is 35.9 Å². The van der Waals surface area contributed by atoms with Crippen molar-refractivity contribution in [2.24, 2.45) is 27.9 Å². The number of guanidine groups is 1. The van der Waals surface area contributed by atoms with Gasteiger partial charge in [0.05, 0.1) is 39.4 Å². The van der Waals surface area contributed by atoms with Gasteiger partial charge in [-0.15, -0.1) is 11.6 Å². The van der Waals surface area contributed by atoms with Gasteiger partial charge < -0.3 is 100 Å². The third-order valence-electron chi connectivity index (χ3n) is 12.5. The lowest BCUT2D eigenvalue weighted by molar-refractivity contribution is -0.141. The van der Waals surface area contributed by atoms with Crippen LogP contribution in [-0.2, 0) is 82.9 Å². The normalized spacial score (nSPS) is 13.3. The second kappa shape index (κ2) is 51.5. The zero-order valence-electron chi connectivity index (χ0n) is 56.3. The predicted octanol–water partition coefficient (Wildman–Crippen LogP) is -2.56. The van der Waals surface area contributed by atoms with Crippen LogP contribution in [0.1, 0.15) is 99.0 Å². The Kier molecular flexibility index (Phi) is 47.9. The lowest BCUT2D eigenvalue weighted by atomic mass is 10.0. The number of halogens is 1. The number of unbranched alkanes of at least 4 members (excludes halogenated alkanes) is 1. The minimum absolute atomic E-state index is 0.0336. The van der Waals surface area contributed by atoms with Crippen molar-refractivity contribution in [1.29, 1.82) is 0 Å². The molecule has 0 aromatic heterocycles. The Bertz CT molecular complexity index is 2590. The summed E-state index contributed by atoms with van der Waals surface area (Å²) in [6, 6.07) is -0.573. The molecule has 546 valence electrons. The highest BCUT2D eigenvalue weighted by atomic mass is 35.5. The molecule has 0 saturated heterocycles. The summed E-state index contributed by atoms with van der Waals surface area (Å²) >= 11 is 12.6. The fraction of sp³-hybridized carbons (Fsp3) is 0.683. The Morgan fingerprint density at radius 3 is 1.60 bits per heavy atom. The Morgan fingerprint density at radius 1 is 0.573 bits per heavy atom. The van der Waals surface area contributed by atoms with Crippen LogP contribution in [0.15, 0.2) is 35.3 Å². The van der Waals surface area contributed by atoms with Gasteiger partial charge in [0, 0.05) is 66.5 Å². The van der Waals surface area contributed by atoms with Crippen LogP contribution in [0.4, 0.5) is 0 Å². The van der Waals surface area contributed by atoms with Crippen molar-refractivity contribution in [2.75, 3.05) is 109 Å². The summed E-state index contributed by atoms with van der Waals surface area (Å²) in [6.07, 6.45) is 1.08. The van der Waals surface area contributed by atoms with Gasteiger partial charge in [-0.1, -0.05) is 78.8 Å². The molecule has 0 heterocycles. The average Bonchev–Trinajstić information content (AvgIpc) is 0.921. The van der Waals surface area contributed by atoms with E-state index < -0.39 is 131 Å². The number of thiol groups is 1. The van der Waals surface area contributed by atoms with E-state index in [9.17, 15) is 62.6 Å². The molecule has 0 radical (unpaired) electrons. The van der Waals surface area contributed by atoms with E-state index in [4.69, 9.17) is 53.5 Å². The van der Waals surface area contributed by atoms with Gasteiger partial charge in [-0.25, -0.2) is 0 Å². The van der Waals surface area contributed by atoms with Gasteiger partial charge in [0.25, 0.3) is 0 Å². The van der Waals surface area contributed by atoms with Gasteiger partial charge in [0.1, 0.15) is 61.4 Å². The Labute approximate surface area is 581 Å². The second-order valence-electron chi connectivity index (χ2n) is 23.3. The smallest absolute Gasteiger partial charge is 0.305 e. The number of aliphatic imine (C=N–C) groups is 1. The molecule has 0 aliphatic carbocycles. The largest absolute Gasteiger partial charge is 0.481 e. The number of amides is 11. The average molecular weight is 1440 g/mol. The topological polar surface area (TPSA) is 499 Å². The standard InChI is InChI=1S/C51H86ClN13O12S3.C9H18N2O5/c1-8-22-77-23-21-56-43(71)36(28-78)63-45(73)34(24-31-15-10-9-11-16-31)62-48(76)38(30-80-51(5,6)7)65-46(74)35(25-41(68)69)60-40(67)27-58-42(70)32(18-14-20-57-49(54)55)61-47(75)37(29-79-50(2,3)4)64-44(72)33(17-12-13-19-53)59-39(66)26-52;1-14-4-5-15-3-2-11-9(13)7-16-6-8(10)12/h9-11,15-16,32-38,78H,8,12-14,17-30,53H2,1-7H3,(H,56,71)(H,58,70)(H,59,66)(H,60,67)(H,61,75)(H,62,76)(H,63,73)(H,64,72)(H,65,74)(H,68,69)(H4,54,55,57);2-7H2,1H3,(H2,10,12)(H,11,13)/t32-,33-,34-,35-,36-,37-,38-;/m0./s1. The number of hydrogen-bond acceptors (Lipinski definition) is 21. The molecule has 96 heavy (non-hydrogen) atoms. The van der Waals surface area contributed by atoms with Crippen molar-refractivity contribution in [3.63, 3.8) is 0 Å². The first-order chi connectivity index (χ1) is 45.3. The maximum Gasteiger partial charge on any atom is 0.305 e. The Hall–Kier alpha value is -6.73. The molecule has 32 nitrogen and oxygen atoms in total. The number of carbonyl (C=O) groups excluding carboxylic acids is 11. The number of hydrogen-bond donors (Lipinski definition) is 16. The number of thioether (sulfide) groups is 2. The summed E-state index contributed by atoms with van der Waals surface area (Å²) in [7, 11) is 1.58. The van der Waals surface area contributed by atoms with Crippen LogP contribution in [-0.4, -0.2) is 243 Å². The highest BCUT2D eigenvalue weighted by Crippen LogP contribution is 2.25. The lowest BCUT2D eigenvalue weighted by Crippen LogP contribution is -2.60. The van der Waals surface area contributed by atoms with Gasteiger partial charge in [-0.3, -0.25) is 62.5 Å². The number of nitrogens with zero attached hydrogens (tertiary/aromatic N) is 1. The zero-order valence-corrected chi connectivity index (χ0v) is 59.6. The van der Waals surface area contributed by atoms with E-state index in [0.717, 1.165) is 6.42 Å². The van der Waals surface area contributed by atoms with Crippen LogP contribution in [0, 0.1) is 0 Å². The highest BCUT2D eigenvalue weighted by molar-refractivity contribution is 8.00. The number of carboxylic acids is 1. The van der Waals surface area contributed by atoms with E-state index in [-0.39, 0.29) is 92.5 Å². The van der Waals surface area contributed by atoms with Crippen molar-refractivity contribution in [1.82, 2.24) is 53.2 Å². The molecule has 19 N–H and O–H groups in total. The summed E-state index contributed by atoms with van der Waals surface area (Å²) in [5.74, 6) is -10.4. The SMILES string of the molecule is CCCOCCNC(=O)[C@H](CS)NC(=O)[C@H](Cc1ccccc1)NC(=O)[C@H](CSC(C)(C)C)NC(=O)[C@H](CC(=O)O)NC(=O)CNC(=O)[C@H](CCCN=C(N)N)NC(=O)[C@H](CSC(C)(C)C)NC(=O)[C@H](CCCCN)NC(=O)CCl.COCCOCCNC(=O)COCC(N)=O. The fourth-order valence-corrected chi connectivity index (χ4v) is 9.89. The number of ether oxygens (including phenoxy) is 4. The molecule has 7 atom stereocenters. The van der Waals surface area contributed by atoms with Crippen molar-refractivity contribution in [3.8, 4) is 0 Å². The Balaban J connectivity index is 0.00000493. The highest BCUT2D eigenvalue weighted by Gasteiger charge is 2.35. The summed E-state index contributed by atoms with van der Waals surface area (Å²) < 4.78 is 19.1. The number of rotatable bonds is 49. The van der Waals surface area contributed by atoms with Crippen molar-refractivity contribution in [2.45, 2.75) is 152 Å². The van der Waals surface area contributed by atoms with Crippen molar-refractivity contribution >= 4 is 125 Å². The number of alkyl halides is 1. The van der Waals surface area contributed by atoms with E-state index in [2.05, 4.69) is 70.8 Å². The minimum Gasteiger partial charge on any atom is -0.481 e. The van der Waals surface area contributed by atoms with E-state index in [1.54, 1.807) is 37.4 Å². The molecule has 0 aliphatic rings. The number of benzene rings is 1. The van der Waals surface area contributed by atoms with Crippen LogP contribution in [0.25, 0.3) is 0 Å². The molecular formula is C60H104ClN15O17S3. The Morgan fingerprint density at radius 2 is 1.07 bits per heavy atom. The number of carbonyl (C=O) groups is 12. The number of primary amides is 1. The maximum atomic E-state index is 14.3. The first-order valence-electron chi connectivity index (χ1n) is 31.2. The summed E-state index contributed by atoms with van der Waals surface area (Å²) in [4.78, 5) is 160. The molecule has 0 aliphatic heterocycles. The first-order valence-corrected chi connectivity index (χ1v) is 34.3. The monoisotopic (exact) mass is 1440 g/mol. The summed E-state index contributed by atoms with van der Waals surface area (Å²) in [6.45, 7) is 15.1. The van der Waals surface area contributed by atoms with Crippen molar-refractivity contribution < 1.29 is 81.6 Å².